The molecule has 1 fully saturated rings. The molecule has 1 saturated carbocycles. The van der Waals surface area contributed by atoms with Crippen molar-refractivity contribution in [1.82, 2.24) is 0 Å². The molecule has 0 bridgehead atoms. The highest BCUT2D eigenvalue weighted by atomic mass is 15.2. The highest BCUT2D eigenvalue weighted by Crippen LogP contribution is 2.52. The van der Waals surface area contributed by atoms with Crippen LogP contribution in [0.4, 0.5) is 11.4 Å². The van der Waals surface area contributed by atoms with E-state index in [4.69, 9.17) is 0 Å². The van der Waals surface area contributed by atoms with E-state index in [0.717, 1.165) is 39.0 Å². The minimum atomic E-state index is -0.0901. The Kier molecular flexibility index (Phi) is 8.67. The van der Waals surface area contributed by atoms with E-state index < -0.39 is 0 Å². The number of hydrogen-bond acceptors (Lipinski definition) is 2. The van der Waals surface area contributed by atoms with Gasteiger partial charge in [-0.05, 0) is 104 Å². The van der Waals surface area contributed by atoms with E-state index in [9.17, 15) is 0 Å². The minimum Gasteiger partial charge on any atom is -0.344 e. The molecule has 4 aromatic carbocycles. The van der Waals surface area contributed by atoms with Crippen LogP contribution < -0.4 is 9.80 Å². The molecule has 4 aromatic rings. The van der Waals surface area contributed by atoms with Crippen molar-refractivity contribution in [3.63, 3.8) is 0 Å². The van der Waals surface area contributed by atoms with Gasteiger partial charge in [-0.2, -0.15) is 0 Å². The van der Waals surface area contributed by atoms with Gasteiger partial charge in [0.15, 0.2) is 0 Å². The number of anilines is 2. The van der Waals surface area contributed by atoms with Crippen LogP contribution in [0.5, 0.6) is 0 Å². The lowest BCUT2D eigenvalue weighted by Gasteiger charge is -2.27. The smallest absolute Gasteiger partial charge is 0.206 e. The molecule has 3 heteroatoms. The third-order valence-electron chi connectivity index (χ3n) is 11.6. The standard InChI is InChI=1S/C46H54N3/c1-9-47(10-2)44-34(26-30-40-45(5,6)42-36-22-15-13-18-32(36)24-28-38(42)48(40)11-3)20-17-21-35(44)27-31-41-46(7,8)43-37-23-16-14-19-33(37)25-29-39(43)49(41)12-4/h13-16,18-19,22-31H,9-12,17,20-21H2,1-8H3/q+1. The second-order valence-corrected chi connectivity index (χ2v) is 15.0. The van der Waals surface area contributed by atoms with E-state index in [2.05, 4.69) is 167 Å². The van der Waals surface area contributed by atoms with Crippen molar-refractivity contribution < 1.29 is 4.58 Å². The summed E-state index contributed by atoms with van der Waals surface area (Å²) in [6.07, 6.45) is 13.2. The quantitative estimate of drug-likeness (QED) is 0.192. The average Bonchev–Trinajstić information content (AvgIpc) is 3.48. The van der Waals surface area contributed by atoms with Crippen LogP contribution in [0.25, 0.3) is 21.5 Å². The molecule has 3 nitrogen and oxygen atoms in total. The maximum absolute atomic E-state index is 2.59. The number of hydrogen-bond donors (Lipinski definition) is 0. The Bertz CT molecular complexity index is 1950. The van der Waals surface area contributed by atoms with Crippen molar-refractivity contribution in [1.29, 1.82) is 0 Å². The summed E-state index contributed by atoms with van der Waals surface area (Å²) in [4.78, 5) is 5.09. The van der Waals surface area contributed by atoms with Gasteiger partial charge in [-0.25, -0.2) is 4.58 Å². The highest BCUT2D eigenvalue weighted by Gasteiger charge is 2.42. The van der Waals surface area contributed by atoms with Crippen molar-refractivity contribution in [2.75, 3.05) is 36.0 Å². The molecule has 252 valence electrons. The average molecular weight is 649 g/mol. The van der Waals surface area contributed by atoms with Crippen molar-refractivity contribution in [3.8, 4) is 0 Å². The van der Waals surface area contributed by atoms with Crippen LogP contribution in [0.3, 0.4) is 0 Å². The summed E-state index contributed by atoms with van der Waals surface area (Å²) >= 11 is 0. The first-order chi connectivity index (χ1) is 23.7. The molecule has 2 aliphatic heterocycles. The Morgan fingerprint density at radius 2 is 1.00 bits per heavy atom. The van der Waals surface area contributed by atoms with E-state index in [1.807, 2.05) is 0 Å². The number of nitrogens with zero attached hydrogens (tertiary/aromatic N) is 3. The first-order valence-corrected chi connectivity index (χ1v) is 18.7. The fourth-order valence-corrected chi connectivity index (χ4v) is 9.29. The van der Waals surface area contributed by atoms with Crippen molar-refractivity contribution in [3.05, 3.63) is 131 Å². The van der Waals surface area contributed by atoms with E-state index in [-0.39, 0.29) is 10.8 Å². The molecular formula is C46H54N3+. The monoisotopic (exact) mass is 648 g/mol. The lowest BCUT2D eigenvalue weighted by molar-refractivity contribution is -0.520. The van der Waals surface area contributed by atoms with Crippen LogP contribution >= 0.6 is 0 Å². The SMILES string of the molecule is CCN1/C(=C/C=C2\CCC/C(=C\C=C3\N(CC)c4ccc5ccccc5c4C3(C)C)C2=[N+](CC)CC)C(C)(C)c2c1ccc1ccccc21. The summed E-state index contributed by atoms with van der Waals surface area (Å²) in [5.74, 6) is 0. The number of rotatable bonds is 6. The molecule has 0 atom stereocenters. The van der Waals surface area contributed by atoms with Crippen LogP contribution in [-0.2, 0) is 10.8 Å². The molecule has 0 aromatic heterocycles. The van der Waals surface area contributed by atoms with E-state index >= 15 is 0 Å². The van der Waals surface area contributed by atoms with Crippen LogP contribution in [0.1, 0.15) is 85.8 Å². The molecule has 49 heavy (non-hydrogen) atoms. The zero-order valence-electron chi connectivity index (χ0n) is 31.0. The first kappa shape index (κ1) is 33.1. The zero-order chi connectivity index (χ0) is 34.5. The van der Waals surface area contributed by atoms with Gasteiger partial charge in [0.05, 0.1) is 0 Å². The normalized spacial score (nSPS) is 21.5. The summed E-state index contributed by atoms with van der Waals surface area (Å²) in [6, 6.07) is 27.0. The van der Waals surface area contributed by atoms with Crippen LogP contribution in [-0.4, -0.2) is 36.5 Å². The van der Waals surface area contributed by atoms with Gasteiger partial charge < -0.3 is 9.80 Å². The van der Waals surface area contributed by atoms with Gasteiger partial charge in [-0.1, -0.05) is 101 Å². The Morgan fingerprint density at radius 3 is 1.41 bits per heavy atom. The predicted octanol–water partition coefficient (Wildman–Crippen LogP) is 11.2. The summed E-state index contributed by atoms with van der Waals surface area (Å²) in [6.45, 7) is 22.7. The molecule has 2 heterocycles. The lowest BCUT2D eigenvalue weighted by Crippen LogP contribution is -2.28. The molecule has 0 N–H and O–H groups in total. The van der Waals surface area contributed by atoms with E-state index in [1.165, 1.54) is 78.7 Å². The molecule has 0 amide bonds. The Morgan fingerprint density at radius 1 is 0.571 bits per heavy atom. The van der Waals surface area contributed by atoms with E-state index in [1.54, 1.807) is 0 Å². The Balaban J connectivity index is 1.32. The van der Waals surface area contributed by atoms with Gasteiger partial charge in [0.25, 0.3) is 0 Å². The summed E-state index contributed by atoms with van der Waals surface area (Å²) in [7, 11) is 0. The second-order valence-electron chi connectivity index (χ2n) is 15.0. The van der Waals surface area contributed by atoms with Gasteiger partial charge in [-0.15, -0.1) is 0 Å². The predicted molar refractivity (Wildman–Crippen MR) is 213 cm³/mol. The van der Waals surface area contributed by atoms with Crippen LogP contribution in [0.15, 0.2) is 120 Å². The van der Waals surface area contributed by atoms with E-state index in [0.29, 0.717) is 0 Å². The Labute approximate surface area is 294 Å². The number of benzene rings is 4. The van der Waals surface area contributed by atoms with Gasteiger partial charge in [0.1, 0.15) is 13.1 Å². The third-order valence-corrected chi connectivity index (χ3v) is 11.6. The molecule has 0 radical (unpaired) electrons. The lowest BCUT2D eigenvalue weighted by atomic mass is 9.80. The summed E-state index contributed by atoms with van der Waals surface area (Å²) in [5.41, 5.74) is 12.6. The molecule has 0 unspecified atom stereocenters. The third kappa shape index (κ3) is 5.28. The maximum Gasteiger partial charge on any atom is 0.206 e. The Hall–Kier alpha value is -4.37. The van der Waals surface area contributed by atoms with Gasteiger partial charge >= 0.3 is 0 Å². The second kappa shape index (κ2) is 12.8. The molecule has 1 aliphatic carbocycles. The van der Waals surface area contributed by atoms with Crippen LogP contribution in [0, 0.1) is 0 Å². The number of allylic oxidation sites excluding steroid dienone is 8. The van der Waals surface area contributed by atoms with Crippen molar-refractivity contribution in [2.24, 2.45) is 0 Å². The fourth-order valence-electron chi connectivity index (χ4n) is 9.29. The molecule has 3 aliphatic rings. The topological polar surface area (TPSA) is 9.49 Å². The largest absolute Gasteiger partial charge is 0.344 e. The molecule has 7 rings (SSSR count). The van der Waals surface area contributed by atoms with Crippen molar-refractivity contribution in [2.45, 2.75) is 85.5 Å². The molecular weight excluding hydrogens is 595 g/mol. The first-order valence-electron chi connectivity index (χ1n) is 18.7. The van der Waals surface area contributed by atoms with Gasteiger partial charge in [-0.3, -0.25) is 0 Å². The van der Waals surface area contributed by atoms with Gasteiger partial charge in [0.2, 0.25) is 5.71 Å². The number of fused-ring (bicyclic) bond motifs is 6. The molecule has 0 saturated heterocycles. The minimum absolute atomic E-state index is 0.0901. The van der Waals surface area contributed by atoms with Gasteiger partial charge in [0, 0.05) is 57.8 Å². The zero-order valence-corrected chi connectivity index (χ0v) is 31.0. The fraction of sp³-hybridized carbons (Fsp3) is 0.370. The number of likely N-dealkylation sites (N-methyl/N-ethyl adjacent to an activating group) is 2. The van der Waals surface area contributed by atoms with Crippen molar-refractivity contribution >= 4 is 38.6 Å². The summed E-state index contributed by atoms with van der Waals surface area (Å²) < 4.78 is 2.59. The highest BCUT2D eigenvalue weighted by molar-refractivity contribution is 6.10. The summed E-state index contributed by atoms with van der Waals surface area (Å²) in [5, 5.41) is 5.39. The molecule has 0 spiro atoms. The van der Waals surface area contributed by atoms with Crippen LogP contribution in [0.2, 0.25) is 0 Å². The maximum atomic E-state index is 2.59.